The lowest BCUT2D eigenvalue weighted by Gasteiger charge is -2.12. The van der Waals surface area contributed by atoms with Crippen LogP contribution in [0.3, 0.4) is 0 Å². The Morgan fingerprint density at radius 3 is 2.76 bits per heavy atom. The molecule has 4 nitrogen and oxygen atoms in total. The van der Waals surface area contributed by atoms with Crippen LogP contribution in [-0.4, -0.2) is 16.9 Å². The molecule has 2 atom stereocenters. The second-order valence-corrected chi connectivity index (χ2v) is 5.25. The van der Waals surface area contributed by atoms with Gasteiger partial charge in [0.15, 0.2) is 11.6 Å². The molecule has 0 fully saturated rings. The second-order valence-electron chi connectivity index (χ2n) is 5.25. The minimum atomic E-state index is -0.393. The number of ether oxygens (including phenoxy) is 1. The van der Waals surface area contributed by atoms with Gasteiger partial charge in [0.05, 0.1) is 12.8 Å². The first-order valence-corrected chi connectivity index (χ1v) is 7.18. The van der Waals surface area contributed by atoms with Gasteiger partial charge in [-0.1, -0.05) is 13.0 Å². The van der Waals surface area contributed by atoms with E-state index in [0.717, 1.165) is 17.7 Å². The summed E-state index contributed by atoms with van der Waals surface area (Å²) < 4.78 is 20.6. The van der Waals surface area contributed by atoms with Crippen molar-refractivity contribution in [3.05, 3.63) is 47.5 Å². The maximum atomic E-state index is 13.7. The first-order chi connectivity index (χ1) is 10.0. The molecular formula is C16H22FN3O. The molecule has 0 spiro atoms. The maximum absolute atomic E-state index is 13.7. The summed E-state index contributed by atoms with van der Waals surface area (Å²) in [5, 5.41) is 4.52. The van der Waals surface area contributed by atoms with Crippen LogP contribution < -0.4 is 10.5 Å². The SMILES string of the molecule is CCC(C)n1ccc(CC(N)c2ccc(OC)c(F)c2)n1. The van der Waals surface area contributed by atoms with E-state index in [2.05, 4.69) is 18.9 Å². The van der Waals surface area contributed by atoms with E-state index in [9.17, 15) is 4.39 Å². The van der Waals surface area contributed by atoms with Crippen molar-refractivity contribution in [1.82, 2.24) is 9.78 Å². The van der Waals surface area contributed by atoms with Crippen LogP contribution >= 0.6 is 0 Å². The molecule has 0 saturated carbocycles. The molecule has 0 amide bonds. The van der Waals surface area contributed by atoms with Gasteiger partial charge in [-0.15, -0.1) is 0 Å². The molecule has 0 bridgehead atoms. The van der Waals surface area contributed by atoms with Crippen LogP contribution in [0.25, 0.3) is 0 Å². The maximum Gasteiger partial charge on any atom is 0.165 e. The van der Waals surface area contributed by atoms with Gasteiger partial charge in [-0.3, -0.25) is 4.68 Å². The van der Waals surface area contributed by atoms with E-state index in [4.69, 9.17) is 10.5 Å². The third kappa shape index (κ3) is 3.61. The van der Waals surface area contributed by atoms with Crippen LogP contribution in [-0.2, 0) is 6.42 Å². The number of benzene rings is 1. The van der Waals surface area contributed by atoms with Gasteiger partial charge in [-0.05, 0) is 37.1 Å². The van der Waals surface area contributed by atoms with Crippen LogP contribution in [0.2, 0.25) is 0 Å². The van der Waals surface area contributed by atoms with Gasteiger partial charge in [0.2, 0.25) is 0 Å². The predicted octanol–water partition coefficient (Wildman–Crippen LogP) is 3.24. The van der Waals surface area contributed by atoms with Gasteiger partial charge >= 0.3 is 0 Å². The number of methoxy groups -OCH3 is 1. The molecule has 1 aromatic heterocycles. The largest absolute Gasteiger partial charge is 0.494 e. The Morgan fingerprint density at radius 1 is 1.38 bits per heavy atom. The quantitative estimate of drug-likeness (QED) is 0.889. The van der Waals surface area contributed by atoms with Gasteiger partial charge in [0.25, 0.3) is 0 Å². The highest BCUT2D eigenvalue weighted by molar-refractivity contribution is 5.31. The molecule has 0 aliphatic heterocycles. The van der Waals surface area contributed by atoms with Gasteiger partial charge in [0, 0.05) is 24.7 Å². The fourth-order valence-corrected chi connectivity index (χ4v) is 2.18. The zero-order chi connectivity index (χ0) is 15.4. The summed E-state index contributed by atoms with van der Waals surface area (Å²) in [6.45, 7) is 4.24. The highest BCUT2D eigenvalue weighted by atomic mass is 19.1. The molecule has 114 valence electrons. The van der Waals surface area contributed by atoms with Crippen molar-refractivity contribution < 1.29 is 9.13 Å². The molecule has 1 heterocycles. The van der Waals surface area contributed by atoms with E-state index in [1.54, 1.807) is 12.1 Å². The smallest absolute Gasteiger partial charge is 0.165 e. The van der Waals surface area contributed by atoms with E-state index in [1.165, 1.54) is 13.2 Å². The summed E-state index contributed by atoms with van der Waals surface area (Å²) >= 11 is 0. The van der Waals surface area contributed by atoms with E-state index >= 15 is 0 Å². The van der Waals surface area contributed by atoms with Crippen molar-refractivity contribution in [2.24, 2.45) is 5.73 Å². The number of hydrogen-bond acceptors (Lipinski definition) is 3. The van der Waals surface area contributed by atoms with E-state index in [1.807, 2.05) is 16.9 Å². The second kappa shape index (κ2) is 6.72. The lowest BCUT2D eigenvalue weighted by atomic mass is 10.0. The summed E-state index contributed by atoms with van der Waals surface area (Å²) in [7, 11) is 1.44. The van der Waals surface area contributed by atoms with Crippen molar-refractivity contribution in [2.75, 3.05) is 7.11 Å². The van der Waals surface area contributed by atoms with Crippen molar-refractivity contribution in [3.8, 4) is 5.75 Å². The molecule has 0 saturated heterocycles. The zero-order valence-electron chi connectivity index (χ0n) is 12.7. The number of halogens is 1. The van der Waals surface area contributed by atoms with Crippen molar-refractivity contribution in [3.63, 3.8) is 0 Å². The van der Waals surface area contributed by atoms with E-state index in [0.29, 0.717) is 12.5 Å². The van der Waals surface area contributed by atoms with Gasteiger partial charge in [-0.2, -0.15) is 5.10 Å². The topological polar surface area (TPSA) is 53.1 Å². The van der Waals surface area contributed by atoms with Crippen LogP contribution in [0.1, 0.15) is 43.6 Å². The van der Waals surface area contributed by atoms with E-state index < -0.39 is 5.82 Å². The summed E-state index contributed by atoms with van der Waals surface area (Å²) in [5.41, 5.74) is 7.81. The highest BCUT2D eigenvalue weighted by Crippen LogP contribution is 2.22. The molecule has 2 unspecified atom stereocenters. The first kappa shape index (κ1) is 15.5. The Kier molecular flexibility index (Phi) is 4.96. The van der Waals surface area contributed by atoms with Crippen molar-refractivity contribution >= 4 is 0 Å². The predicted molar refractivity (Wildman–Crippen MR) is 80.8 cm³/mol. The van der Waals surface area contributed by atoms with Crippen molar-refractivity contribution in [2.45, 2.75) is 38.8 Å². The van der Waals surface area contributed by atoms with Crippen LogP contribution in [0.5, 0.6) is 5.75 Å². The molecule has 0 radical (unpaired) electrons. The third-order valence-electron chi connectivity index (χ3n) is 3.74. The summed E-state index contributed by atoms with van der Waals surface area (Å²) in [6.07, 6.45) is 3.57. The highest BCUT2D eigenvalue weighted by Gasteiger charge is 2.13. The third-order valence-corrected chi connectivity index (χ3v) is 3.74. The number of nitrogens with two attached hydrogens (primary N) is 1. The van der Waals surface area contributed by atoms with Crippen LogP contribution in [0.4, 0.5) is 4.39 Å². The number of rotatable bonds is 6. The van der Waals surface area contributed by atoms with Gasteiger partial charge in [0.1, 0.15) is 0 Å². The van der Waals surface area contributed by atoms with Crippen molar-refractivity contribution in [1.29, 1.82) is 0 Å². The first-order valence-electron chi connectivity index (χ1n) is 7.18. The van der Waals surface area contributed by atoms with Crippen LogP contribution in [0.15, 0.2) is 30.5 Å². The molecule has 2 rings (SSSR count). The average Bonchev–Trinajstić information content (AvgIpc) is 2.94. The Bertz CT molecular complexity index is 597. The lowest BCUT2D eigenvalue weighted by Crippen LogP contribution is -2.14. The lowest BCUT2D eigenvalue weighted by molar-refractivity contribution is 0.386. The Labute approximate surface area is 124 Å². The molecule has 2 aromatic rings. The molecule has 21 heavy (non-hydrogen) atoms. The molecule has 1 aromatic carbocycles. The minimum absolute atomic E-state index is 0.229. The number of hydrogen-bond donors (Lipinski definition) is 1. The fraction of sp³-hybridized carbons (Fsp3) is 0.438. The average molecular weight is 291 g/mol. The molecule has 0 aliphatic rings. The molecule has 5 heteroatoms. The van der Waals surface area contributed by atoms with Crippen LogP contribution in [0, 0.1) is 5.82 Å². The zero-order valence-corrected chi connectivity index (χ0v) is 12.7. The standard InChI is InChI=1S/C16H22FN3O/c1-4-11(2)20-8-7-13(19-20)10-15(18)12-5-6-16(21-3)14(17)9-12/h5-9,11,15H,4,10,18H2,1-3H3. The number of aromatic nitrogens is 2. The Morgan fingerprint density at radius 2 is 2.14 bits per heavy atom. The van der Waals surface area contributed by atoms with E-state index in [-0.39, 0.29) is 11.8 Å². The summed E-state index contributed by atoms with van der Waals surface area (Å²) in [6, 6.07) is 6.86. The Balaban J connectivity index is 2.08. The summed E-state index contributed by atoms with van der Waals surface area (Å²) in [5.74, 6) is -0.164. The molecular weight excluding hydrogens is 269 g/mol. The van der Waals surface area contributed by atoms with Gasteiger partial charge < -0.3 is 10.5 Å². The Hall–Kier alpha value is -1.88. The fourth-order valence-electron chi connectivity index (χ4n) is 2.18. The minimum Gasteiger partial charge on any atom is -0.494 e. The van der Waals surface area contributed by atoms with Gasteiger partial charge in [-0.25, -0.2) is 4.39 Å². The number of nitrogens with zero attached hydrogens (tertiary/aromatic N) is 2. The molecule has 0 aliphatic carbocycles. The molecule has 2 N–H and O–H groups in total. The normalized spacial score (nSPS) is 14.0. The summed E-state index contributed by atoms with van der Waals surface area (Å²) in [4.78, 5) is 0. The monoisotopic (exact) mass is 291 g/mol.